The summed E-state index contributed by atoms with van der Waals surface area (Å²) in [7, 11) is 0. The number of aryl methyl sites for hydroxylation is 1. The smallest absolute Gasteiger partial charge is 0.278 e. The molecule has 1 aromatic heterocycles. The first kappa shape index (κ1) is 9.39. The van der Waals surface area contributed by atoms with E-state index in [9.17, 15) is 4.91 Å². The molecule has 5 heteroatoms. The Kier molecular flexibility index (Phi) is 2.21. The van der Waals surface area contributed by atoms with Crippen LogP contribution in [0.1, 0.15) is 5.69 Å². The van der Waals surface area contributed by atoms with E-state index in [0.717, 1.165) is 5.69 Å². The summed E-state index contributed by atoms with van der Waals surface area (Å²) in [5.41, 5.74) is 7.20. The monoisotopic (exact) mass is 202 g/mol. The molecule has 0 unspecified atom stereocenters. The molecule has 0 fully saturated rings. The van der Waals surface area contributed by atoms with Crippen LogP contribution in [0.3, 0.4) is 0 Å². The van der Waals surface area contributed by atoms with E-state index in [-0.39, 0.29) is 5.95 Å². The fourth-order valence-electron chi connectivity index (χ4n) is 1.42. The van der Waals surface area contributed by atoms with Crippen molar-refractivity contribution < 1.29 is 0 Å². The average molecular weight is 202 g/mol. The zero-order chi connectivity index (χ0) is 10.8. The molecule has 0 aliphatic rings. The Labute approximate surface area is 86.5 Å². The van der Waals surface area contributed by atoms with E-state index >= 15 is 0 Å². The van der Waals surface area contributed by atoms with Gasteiger partial charge in [0.05, 0.1) is 11.4 Å². The lowest BCUT2D eigenvalue weighted by Crippen LogP contribution is -1.99. The Morgan fingerprint density at radius 2 is 2.00 bits per heavy atom. The van der Waals surface area contributed by atoms with Crippen molar-refractivity contribution in [2.24, 2.45) is 5.18 Å². The number of benzene rings is 1. The van der Waals surface area contributed by atoms with Crippen LogP contribution in [0.25, 0.3) is 5.69 Å². The molecule has 0 aliphatic carbocycles. The van der Waals surface area contributed by atoms with Crippen molar-refractivity contribution >= 4 is 11.8 Å². The molecule has 15 heavy (non-hydrogen) atoms. The summed E-state index contributed by atoms with van der Waals surface area (Å²) in [4.78, 5) is 14.5. The van der Waals surface area contributed by atoms with Gasteiger partial charge in [0, 0.05) is 5.18 Å². The molecule has 0 spiro atoms. The summed E-state index contributed by atoms with van der Waals surface area (Å²) in [6, 6.07) is 9.28. The van der Waals surface area contributed by atoms with E-state index in [2.05, 4.69) is 10.2 Å². The summed E-state index contributed by atoms with van der Waals surface area (Å²) < 4.78 is 1.53. The lowest BCUT2D eigenvalue weighted by atomic mass is 10.3. The van der Waals surface area contributed by atoms with Crippen LogP contribution >= 0.6 is 0 Å². The van der Waals surface area contributed by atoms with Gasteiger partial charge >= 0.3 is 0 Å². The van der Waals surface area contributed by atoms with Crippen molar-refractivity contribution in [1.82, 2.24) is 9.55 Å². The number of nitrogen functional groups attached to an aromatic ring is 1. The minimum atomic E-state index is 0.0798. The first-order valence-electron chi connectivity index (χ1n) is 4.47. The average Bonchev–Trinajstić information content (AvgIpc) is 2.56. The topological polar surface area (TPSA) is 73.3 Å². The molecule has 0 saturated carbocycles. The molecule has 2 rings (SSSR count). The first-order valence-corrected chi connectivity index (χ1v) is 4.47. The fourth-order valence-corrected chi connectivity index (χ4v) is 1.42. The summed E-state index contributed by atoms with van der Waals surface area (Å²) in [6.07, 6.45) is 0. The number of hydrogen-bond donors (Lipinski definition) is 1. The third-order valence-corrected chi connectivity index (χ3v) is 2.18. The van der Waals surface area contributed by atoms with Crippen LogP contribution in [0.5, 0.6) is 0 Å². The maximum absolute atomic E-state index is 10.6. The fraction of sp³-hybridized carbons (Fsp3) is 0.100. The van der Waals surface area contributed by atoms with Crippen LogP contribution in [0.2, 0.25) is 0 Å². The van der Waals surface area contributed by atoms with Crippen molar-refractivity contribution in [3.8, 4) is 5.69 Å². The predicted molar refractivity (Wildman–Crippen MR) is 58.2 cm³/mol. The van der Waals surface area contributed by atoms with Gasteiger partial charge in [-0.3, -0.25) is 4.57 Å². The van der Waals surface area contributed by atoms with Gasteiger partial charge in [-0.05, 0) is 19.1 Å². The number of nitrogens with zero attached hydrogens (tertiary/aromatic N) is 3. The number of rotatable bonds is 2. The molecule has 76 valence electrons. The summed E-state index contributed by atoms with van der Waals surface area (Å²) in [5, 5.41) is 2.85. The second-order valence-electron chi connectivity index (χ2n) is 3.14. The van der Waals surface area contributed by atoms with Crippen molar-refractivity contribution in [2.45, 2.75) is 6.92 Å². The Bertz CT molecular complexity index is 490. The van der Waals surface area contributed by atoms with Gasteiger partial charge in [0.2, 0.25) is 0 Å². The zero-order valence-electron chi connectivity index (χ0n) is 8.21. The molecule has 2 aromatic rings. The molecule has 0 aliphatic heterocycles. The normalized spacial score (nSPS) is 10.2. The maximum atomic E-state index is 10.6. The number of nitrogens with two attached hydrogens (primary N) is 1. The number of nitroso groups, excluding NO2 is 1. The maximum Gasteiger partial charge on any atom is 0.278 e. The molecule has 0 saturated heterocycles. The van der Waals surface area contributed by atoms with Gasteiger partial charge in [0.1, 0.15) is 5.82 Å². The minimum absolute atomic E-state index is 0.0798. The highest BCUT2D eigenvalue weighted by Gasteiger charge is 2.13. The van der Waals surface area contributed by atoms with Crippen molar-refractivity contribution in [3.05, 3.63) is 40.9 Å². The van der Waals surface area contributed by atoms with Gasteiger partial charge in [-0.2, -0.15) is 0 Å². The molecule has 1 heterocycles. The SMILES string of the molecule is Cc1nc(N=O)n(-c2ccccc2)c1N. The molecule has 5 nitrogen and oxygen atoms in total. The Balaban J connectivity index is 2.66. The number of para-hydroxylation sites is 1. The molecule has 0 bridgehead atoms. The van der Waals surface area contributed by atoms with Crippen LogP contribution < -0.4 is 5.73 Å². The molecule has 2 N–H and O–H groups in total. The molecule has 1 aromatic carbocycles. The second kappa shape index (κ2) is 3.53. The quantitative estimate of drug-likeness (QED) is 0.758. The summed E-state index contributed by atoms with van der Waals surface area (Å²) in [5.74, 6) is 0.520. The van der Waals surface area contributed by atoms with Crippen LogP contribution in [-0.2, 0) is 0 Å². The number of anilines is 1. The van der Waals surface area contributed by atoms with E-state index in [1.54, 1.807) is 6.92 Å². The van der Waals surface area contributed by atoms with E-state index < -0.39 is 0 Å². The lowest BCUT2D eigenvalue weighted by molar-refractivity contribution is 1.05. The highest BCUT2D eigenvalue weighted by atomic mass is 16.3. The number of hydrogen-bond acceptors (Lipinski definition) is 4. The highest BCUT2D eigenvalue weighted by molar-refractivity contribution is 5.53. The first-order chi connectivity index (χ1) is 7.24. The van der Waals surface area contributed by atoms with E-state index in [4.69, 9.17) is 5.73 Å². The van der Waals surface area contributed by atoms with Gasteiger partial charge in [0.25, 0.3) is 5.95 Å². The highest BCUT2D eigenvalue weighted by Crippen LogP contribution is 2.24. The van der Waals surface area contributed by atoms with E-state index in [1.807, 2.05) is 30.3 Å². The van der Waals surface area contributed by atoms with Crippen LogP contribution in [0, 0.1) is 11.8 Å². The molecule has 0 radical (unpaired) electrons. The summed E-state index contributed by atoms with van der Waals surface area (Å²) in [6.45, 7) is 1.74. The molecule has 0 amide bonds. The van der Waals surface area contributed by atoms with Gasteiger partial charge in [-0.15, -0.1) is 4.91 Å². The summed E-state index contributed by atoms with van der Waals surface area (Å²) >= 11 is 0. The number of aromatic nitrogens is 2. The lowest BCUT2D eigenvalue weighted by Gasteiger charge is -2.04. The van der Waals surface area contributed by atoms with E-state index in [0.29, 0.717) is 11.5 Å². The van der Waals surface area contributed by atoms with Crippen LogP contribution in [0.4, 0.5) is 11.8 Å². The standard InChI is InChI=1S/C10H10N4O/c1-7-9(11)14(10(12-7)13-15)8-5-3-2-4-6-8/h2-6H,11H2,1H3. The zero-order valence-corrected chi connectivity index (χ0v) is 8.21. The molecule has 0 atom stereocenters. The Morgan fingerprint density at radius 3 is 2.60 bits per heavy atom. The molecular weight excluding hydrogens is 192 g/mol. The van der Waals surface area contributed by atoms with Gasteiger partial charge in [-0.1, -0.05) is 18.2 Å². The number of imidazole rings is 1. The third-order valence-electron chi connectivity index (χ3n) is 2.18. The van der Waals surface area contributed by atoms with Crippen molar-refractivity contribution in [1.29, 1.82) is 0 Å². The van der Waals surface area contributed by atoms with Crippen LogP contribution in [0.15, 0.2) is 35.5 Å². The van der Waals surface area contributed by atoms with Crippen LogP contribution in [-0.4, -0.2) is 9.55 Å². The van der Waals surface area contributed by atoms with Crippen molar-refractivity contribution in [3.63, 3.8) is 0 Å². The second-order valence-corrected chi connectivity index (χ2v) is 3.14. The Hall–Kier alpha value is -2.17. The largest absolute Gasteiger partial charge is 0.383 e. The Morgan fingerprint density at radius 1 is 1.33 bits per heavy atom. The van der Waals surface area contributed by atoms with Gasteiger partial charge < -0.3 is 5.73 Å². The van der Waals surface area contributed by atoms with Crippen molar-refractivity contribution in [2.75, 3.05) is 5.73 Å². The molecular formula is C10H10N4O. The van der Waals surface area contributed by atoms with E-state index in [1.165, 1.54) is 4.57 Å². The van der Waals surface area contributed by atoms with Gasteiger partial charge in [-0.25, -0.2) is 4.98 Å². The predicted octanol–water partition coefficient (Wildman–Crippen LogP) is 2.16. The third kappa shape index (κ3) is 1.48. The van der Waals surface area contributed by atoms with Gasteiger partial charge in [0.15, 0.2) is 0 Å². The minimum Gasteiger partial charge on any atom is -0.383 e.